The first-order chi connectivity index (χ1) is 9.82. The summed E-state index contributed by atoms with van der Waals surface area (Å²) in [7, 11) is -0.136. The van der Waals surface area contributed by atoms with Crippen molar-refractivity contribution in [2.24, 2.45) is 0 Å². The molecule has 1 heterocycles. The van der Waals surface area contributed by atoms with E-state index in [9.17, 15) is 9.18 Å². The van der Waals surface area contributed by atoms with Crippen LogP contribution in [0.3, 0.4) is 0 Å². The number of benzene rings is 1. The van der Waals surface area contributed by atoms with Gasteiger partial charge in [0.15, 0.2) is 0 Å². The van der Waals surface area contributed by atoms with Gasteiger partial charge in [-0.15, -0.1) is 0 Å². The van der Waals surface area contributed by atoms with Crippen molar-refractivity contribution in [3.05, 3.63) is 35.1 Å². The molecule has 1 fully saturated rings. The number of nitrogens with one attached hydrogen (secondary N) is 1. The van der Waals surface area contributed by atoms with Crippen molar-refractivity contribution >= 4 is 26.7 Å². The number of hydrogen-bond acceptors (Lipinski definition) is 2. The largest absolute Gasteiger partial charge is 0.347 e. The van der Waals surface area contributed by atoms with Crippen molar-refractivity contribution in [2.45, 2.75) is 32.2 Å². The molecule has 0 saturated carbocycles. The molecule has 1 unspecified atom stereocenters. The quantitative estimate of drug-likeness (QED) is 0.924. The fourth-order valence-electron chi connectivity index (χ4n) is 2.56. The summed E-state index contributed by atoms with van der Waals surface area (Å²) < 4.78 is 15.8. The summed E-state index contributed by atoms with van der Waals surface area (Å²) in [5.74, 6) is -0.541. The van der Waals surface area contributed by atoms with Gasteiger partial charge in [-0.1, -0.05) is 15.7 Å². The molecule has 1 N–H and O–H groups in total. The molecule has 6 heteroatoms. The van der Waals surface area contributed by atoms with Crippen LogP contribution in [-0.4, -0.2) is 35.1 Å². The van der Waals surface area contributed by atoms with Gasteiger partial charge >= 0.3 is 0 Å². The number of halogens is 1. The second-order valence-electron chi connectivity index (χ2n) is 5.78. The van der Waals surface area contributed by atoms with Gasteiger partial charge in [0, 0.05) is 30.4 Å². The molecular formula is C15H21FN2OS2. The second kappa shape index (κ2) is 6.50. The molecule has 0 aromatic heterocycles. The van der Waals surface area contributed by atoms with Crippen molar-refractivity contribution in [3.8, 4) is 0 Å². The van der Waals surface area contributed by atoms with Gasteiger partial charge in [-0.05, 0) is 55.6 Å². The number of rotatable bonds is 3. The van der Waals surface area contributed by atoms with Crippen molar-refractivity contribution in [3.63, 3.8) is 0 Å². The normalized spacial score (nSPS) is 20.0. The molecule has 0 aliphatic carbocycles. The van der Waals surface area contributed by atoms with Crippen LogP contribution >= 0.6 is 0 Å². The third kappa shape index (κ3) is 3.87. The molecule has 3 nitrogen and oxygen atoms in total. The lowest BCUT2D eigenvalue weighted by Crippen LogP contribution is -2.53. The van der Waals surface area contributed by atoms with Gasteiger partial charge in [-0.2, -0.15) is 0 Å². The first-order valence-electron chi connectivity index (χ1n) is 6.98. The van der Waals surface area contributed by atoms with E-state index in [4.69, 9.17) is 11.2 Å². The summed E-state index contributed by atoms with van der Waals surface area (Å²) >= 11 is 5.29. The van der Waals surface area contributed by atoms with Crippen LogP contribution in [0, 0.1) is 12.7 Å². The lowest BCUT2D eigenvalue weighted by molar-refractivity contribution is 0.0872. The van der Waals surface area contributed by atoms with Crippen LogP contribution in [0.5, 0.6) is 0 Å². The smallest absolute Gasteiger partial charge is 0.252 e. The molecule has 1 amide bonds. The van der Waals surface area contributed by atoms with Gasteiger partial charge in [-0.3, -0.25) is 4.79 Å². The van der Waals surface area contributed by atoms with Crippen LogP contribution in [0.4, 0.5) is 4.39 Å². The van der Waals surface area contributed by atoms with Crippen LogP contribution in [0.2, 0.25) is 0 Å². The highest BCUT2D eigenvalue weighted by molar-refractivity contribution is 8.27. The van der Waals surface area contributed by atoms with Gasteiger partial charge in [0.1, 0.15) is 5.82 Å². The molecule has 21 heavy (non-hydrogen) atoms. The standard InChI is InChI=1S/C15H21FN2OS2/c1-11-12(5-4-6-13(11)16)14(19)17-15(2)7-9-18(10-8-15)21(3)20/h4-6H,7-10H2,1-3H3,(H,17,19). The predicted molar refractivity (Wildman–Crippen MR) is 88.5 cm³/mol. The van der Waals surface area contributed by atoms with E-state index < -0.39 is 0 Å². The minimum atomic E-state index is -0.344. The Bertz CT molecular complexity index is 569. The fraction of sp³-hybridized carbons (Fsp3) is 0.533. The average molecular weight is 328 g/mol. The van der Waals surface area contributed by atoms with E-state index in [1.54, 1.807) is 19.1 Å². The van der Waals surface area contributed by atoms with E-state index in [1.165, 1.54) is 6.07 Å². The Labute approximate surface area is 132 Å². The molecule has 1 aromatic carbocycles. The number of nitrogens with zero attached hydrogens (tertiary/aromatic N) is 1. The SMILES string of the molecule is Cc1c(F)cccc1C(=O)NC1(C)CCN(S(C)=S)CC1. The minimum absolute atomic E-state index is 0.136. The first kappa shape index (κ1) is 16.5. The zero-order valence-corrected chi connectivity index (χ0v) is 14.2. The summed E-state index contributed by atoms with van der Waals surface area (Å²) in [6, 6.07) is 4.61. The maximum Gasteiger partial charge on any atom is 0.252 e. The van der Waals surface area contributed by atoms with Crippen LogP contribution < -0.4 is 5.32 Å². The Hall–Kier alpha value is -0.850. The van der Waals surface area contributed by atoms with E-state index in [1.807, 2.05) is 13.2 Å². The Morgan fingerprint density at radius 2 is 2.05 bits per heavy atom. The Morgan fingerprint density at radius 1 is 1.43 bits per heavy atom. The lowest BCUT2D eigenvalue weighted by Gasteiger charge is -2.39. The van der Waals surface area contributed by atoms with Crippen LogP contribution in [-0.2, 0) is 20.8 Å². The highest BCUT2D eigenvalue weighted by atomic mass is 32.8. The number of hydrogen-bond donors (Lipinski definition) is 1. The number of amides is 1. The van der Waals surface area contributed by atoms with Gasteiger partial charge in [0.05, 0.1) is 0 Å². The van der Waals surface area contributed by atoms with E-state index in [-0.39, 0.29) is 26.9 Å². The molecule has 1 aliphatic heterocycles. The summed E-state index contributed by atoms with van der Waals surface area (Å²) in [5, 5.41) is 3.08. The van der Waals surface area contributed by atoms with E-state index >= 15 is 0 Å². The van der Waals surface area contributed by atoms with Crippen molar-refractivity contribution in [1.29, 1.82) is 0 Å². The average Bonchev–Trinajstić information content (AvgIpc) is 2.41. The van der Waals surface area contributed by atoms with Gasteiger partial charge in [-0.25, -0.2) is 8.70 Å². The molecule has 1 aliphatic rings. The maximum absolute atomic E-state index is 13.6. The molecule has 0 bridgehead atoms. The summed E-state index contributed by atoms with van der Waals surface area (Å²) in [6.07, 6.45) is 3.76. The van der Waals surface area contributed by atoms with Gasteiger partial charge in [0.25, 0.3) is 5.91 Å². The summed E-state index contributed by atoms with van der Waals surface area (Å²) in [6.45, 7) is 5.47. The molecular weight excluding hydrogens is 307 g/mol. The van der Waals surface area contributed by atoms with Crippen LogP contribution in [0.15, 0.2) is 18.2 Å². The van der Waals surface area contributed by atoms with Gasteiger partial charge in [0.2, 0.25) is 0 Å². The lowest BCUT2D eigenvalue weighted by atomic mass is 9.90. The number of piperidine rings is 1. The zero-order chi connectivity index (χ0) is 15.6. The number of carbonyl (C=O) groups is 1. The summed E-state index contributed by atoms with van der Waals surface area (Å²) in [4.78, 5) is 12.4. The van der Waals surface area contributed by atoms with E-state index in [0.717, 1.165) is 25.9 Å². The molecule has 116 valence electrons. The molecule has 0 radical (unpaired) electrons. The first-order valence-corrected chi connectivity index (χ1v) is 9.50. The molecule has 1 atom stereocenters. The van der Waals surface area contributed by atoms with E-state index in [0.29, 0.717) is 11.1 Å². The third-order valence-electron chi connectivity index (χ3n) is 4.12. The van der Waals surface area contributed by atoms with Crippen molar-refractivity contribution in [2.75, 3.05) is 19.3 Å². The third-order valence-corrected chi connectivity index (χ3v) is 5.84. The highest BCUT2D eigenvalue weighted by Gasteiger charge is 2.32. The van der Waals surface area contributed by atoms with Crippen molar-refractivity contribution < 1.29 is 9.18 Å². The molecule has 1 aromatic rings. The van der Waals surface area contributed by atoms with Crippen LogP contribution in [0.1, 0.15) is 35.7 Å². The molecule has 2 rings (SSSR count). The van der Waals surface area contributed by atoms with Crippen LogP contribution in [0.25, 0.3) is 0 Å². The molecule has 1 saturated heterocycles. The predicted octanol–water partition coefficient (Wildman–Crippen LogP) is 2.34. The minimum Gasteiger partial charge on any atom is -0.347 e. The summed E-state index contributed by atoms with van der Waals surface area (Å²) in [5.41, 5.74) is 0.565. The second-order valence-corrected chi connectivity index (χ2v) is 8.59. The monoisotopic (exact) mass is 328 g/mol. The number of carbonyl (C=O) groups excluding carboxylic acids is 1. The topological polar surface area (TPSA) is 32.3 Å². The Balaban J connectivity index is 2.06. The highest BCUT2D eigenvalue weighted by Crippen LogP contribution is 2.23. The Kier molecular flexibility index (Phi) is 5.11. The van der Waals surface area contributed by atoms with Crippen molar-refractivity contribution in [1.82, 2.24) is 9.62 Å². The fourth-order valence-corrected chi connectivity index (χ4v) is 3.70. The van der Waals surface area contributed by atoms with E-state index in [2.05, 4.69) is 9.62 Å². The van der Waals surface area contributed by atoms with Gasteiger partial charge < -0.3 is 5.32 Å². The Morgan fingerprint density at radius 3 is 2.62 bits per heavy atom. The maximum atomic E-state index is 13.6. The molecule has 0 spiro atoms. The zero-order valence-electron chi connectivity index (χ0n) is 12.6.